The van der Waals surface area contributed by atoms with Crippen LogP contribution in [0.4, 0.5) is 0 Å². The highest BCUT2D eigenvalue weighted by Gasteiger charge is 2.30. The summed E-state index contributed by atoms with van der Waals surface area (Å²) in [6, 6.07) is 4.50. The van der Waals surface area contributed by atoms with E-state index in [0.29, 0.717) is 18.0 Å². The summed E-state index contributed by atoms with van der Waals surface area (Å²) < 4.78 is 38.0. The third kappa shape index (κ3) is 4.25. The van der Waals surface area contributed by atoms with Crippen molar-refractivity contribution in [2.24, 2.45) is 11.7 Å². The molecule has 0 spiro atoms. The highest BCUT2D eigenvalue weighted by Crippen LogP contribution is 2.29. The molecule has 0 bridgehead atoms. The highest BCUT2D eigenvalue weighted by atomic mass is 35.5. The first kappa shape index (κ1) is 19.0. The zero-order chi connectivity index (χ0) is 15.5. The quantitative estimate of drug-likeness (QED) is 0.812. The molecule has 3 N–H and O–H groups in total. The summed E-state index contributed by atoms with van der Waals surface area (Å²) >= 11 is 0. The van der Waals surface area contributed by atoms with Gasteiger partial charge in [0.25, 0.3) is 0 Å². The van der Waals surface area contributed by atoms with Crippen LogP contribution >= 0.6 is 12.4 Å². The fourth-order valence-corrected chi connectivity index (χ4v) is 4.07. The molecule has 0 amide bonds. The predicted octanol–water partition coefficient (Wildman–Crippen LogP) is 1.53. The van der Waals surface area contributed by atoms with Crippen molar-refractivity contribution in [2.75, 3.05) is 20.8 Å². The van der Waals surface area contributed by atoms with E-state index in [2.05, 4.69) is 4.72 Å². The maximum atomic E-state index is 12.5. The van der Waals surface area contributed by atoms with Crippen LogP contribution in [-0.2, 0) is 10.0 Å². The minimum Gasteiger partial charge on any atom is -0.497 e. The standard InChI is InChI=1S/C14H22N2O4S.ClH/c1-19-11-6-12(20-2)8-13(7-11)21(17,18)16-14-5-3-4-10(14)9-15;/h6-8,10,14,16H,3-5,9,15H2,1-2H3;1H. The Balaban J connectivity index is 0.00000242. The third-order valence-corrected chi connectivity index (χ3v) is 5.37. The molecule has 2 unspecified atom stereocenters. The molecule has 1 saturated carbocycles. The van der Waals surface area contributed by atoms with E-state index in [1.54, 1.807) is 6.07 Å². The fourth-order valence-electron chi connectivity index (χ4n) is 2.68. The number of nitrogens with two attached hydrogens (primary N) is 1. The van der Waals surface area contributed by atoms with Crippen LogP contribution in [0.25, 0.3) is 0 Å². The maximum absolute atomic E-state index is 12.5. The number of rotatable bonds is 6. The van der Waals surface area contributed by atoms with E-state index in [1.807, 2.05) is 0 Å². The first-order chi connectivity index (χ1) is 10.00. The van der Waals surface area contributed by atoms with Gasteiger partial charge in [-0.15, -0.1) is 12.4 Å². The van der Waals surface area contributed by atoms with Crippen molar-refractivity contribution in [3.63, 3.8) is 0 Å². The van der Waals surface area contributed by atoms with Crippen LogP contribution in [0.5, 0.6) is 11.5 Å². The largest absolute Gasteiger partial charge is 0.497 e. The molecule has 6 nitrogen and oxygen atoms in total. The number of hydrogen-bond donors (Lipinski definition) is 2. The lowest BCUT2D eigenvalue weighted by atomic mass is 10.1. The SMILES string of the molecule is COc1cc(OC)cc(S(=O)(=O)NC2CCCC2CN)c1.Cl. The smallest absolute Gasteiger partial charge is 0.241 e. The van der Waals surface area contributed by atoms with Crippen molar-refractivity contribution in [3.8, 4) is 11.5 Å². The normalized spacial score (nSPS) is 21.2. The van der Waals surface area contributed by atoms with Gasteiger partial charge in [-0.05, 0) is 25.3 Å². The Kier molecular flexibility index (Phi) is 6.93. The molecule has 0 aliphatic heterocycles. The van der Waals surface area contributed by atoms with Gasteiger partial charge in [0.05, 0.1) is 19.1 Å². The molecule has 0 aromatic heterocycles. The van der Waals surface area contributed by atoms with Crippen LogP contribution < -0.4 is 19.9 Å². The lowest BCUT2D eigenvalue weighted by Crippen LogP contribution is -2.39. The molecule has 8 heteroatoms. The number of methoxy groups -OCH3 is 2. The second kappa shape index (κ2) is 8.01. The molecule has 126 valence electrons. The Morgan fingerprint density at radius 2 is 1.77 bits per heavy atom. The van der Waals surface area contributed by atoms with Crippen LogP contribution in [-0.4, -0.2) is 35.2 Å². The van der Waals surface area contributed by atoms with Gasteiger partial charge in [-0.1, -0.05) is 6.42 Å². The molecular weight excluding hydrogens is 328 g/mol. The number of benzene rings is 1. The van der Waals surface area contributed by atoms with Gasteiger partial charge in [0, 0.05) is 24.2 Å². The molecule has 1 aromatic rings. The van der Waals surface area contributed by atoms with Crippen LogP contribution in [0.1, 0.15) is 19.3 Å². The lowest BCUT2D eigenvalue weighted by Gasteiger charge is -2.19. The van der Waals surface area contributed by atoms with Crippen LogP contribution in [0, 0.1) is 5.92 Å². The van der Waals surface area contributed by atoms with Gasteiger partial charge in [-0.2, -0.15) is 0 Å². The van der Waals surface area contributed by atoms with Gasteiger partial charge in [0.2, 0.25) is 10.0 Å². The second-order valence-electron chi connectivity index (χ2n) is 5.20. The molecule has 1 fully saturated rings. The van der Waals surface area contributed by atoms with Crippen molar-refractivity contribution in [3.05, 3.63) is 18.2 Å². The van der Waals surface area contributed by atoms with Crippen LogP contribution in [0.15, 0.2) is 23.1 Å². The average molecular weight is 351 g/mol. The van der Waals surface area contributed by atoms with Gasteiger partial charge in [0.1, 0.15) is 11.5 Å². The molecule has 1 aliphatic carbocycles. The average Bonchev–Trinajstić information content (AvgIpc) is 2.93. The predicted molar refractivity (Wildman–Crippen MR) is 87.3 cm³/mol. The summed E-state index contributed by atoms with van der Waals surface area (Å²) in [5.74, 6) is 1.08. The molecule has 2 rings (SSSR count). The molecule has 22 heavy (non-hydrogen) atoms. The van der Waals surface area contributed by atoms with Crippen molar-refractivity contribution < 1.29 is 17.9 Å². The van der Waals surface area contributed by atoms with Crippen molar-refractivity contribution >= 4 is 22.4 Å². The molecule has 1 aromatic carbocycles. The van der Waals surface area contributed by atoms with E-state index in [1.165, 1.54) is 26.4 Å². The highest BCUT2D eigenvalue weighted by molar-refractivity contribution is 7.89. The molecule has 0 saturated heterocycles. The van der Waals surface area contributed by atoms with Crippen molar-refractivity contribution in [2.45, 2.75) is 30.2 Å². The first-order valence-electron chi connectivity index (χ1n) is 6.95. The molecule has 0 radical (unpaired) electrons. The molecular formula is C14H23ClN2O4S. The first-order valence-corrected chi connectivity index (χ1v) is 8.44. The number of sulfonamides is 1. The lowest BCUT2D eigenvalue weighted by molar-refractivity contribution is 0.391. The minimum absolute atomic E-state index is 0. The van der Waals surface area contributed by atoms with Crippen molar-refractivity contribution in [1.82, 2.24) is 4.72 Å². The zero-order valence-corrected chi connectivity index (χ0v) is 14.4. The van der Waals surface area contributed by atoms with Gasteiger partial charge in [0.15, 0.2) is 0 Å². The third-order valence-electron chi connectivity index (χ3n) is 3.90. The summed E-state index contributed by atoms with van der Waals surface area (Å²) in [7, 11) is -0.645. The second-order valence-corrected chi connectivity index (χ2v) is 6.92. The van der Waals surface area contributed by atoms with Crippen LogP contribution in [0.3, 0.4) is 0 Å². The van der Waals surface area contributed by atoms with Crippen LogP contribution in [0.2, 0.25) is 0 Å². The van der Waals surface area contributed by atoms with E-state index in [0.717, 1.165) is 19.3 Å². The number of halogens is 1. The Labute approximate surface area is 137 Å². The maximum Gasteiger partial charge on any atom is 0.241 e. The Bertz CT molecular complexity index is 572. The Morgan fingerprint density at radius 3 is 2.27 bits per heavy atom. The van der Waals surface area contributed by atoms with E-state index < -0.39 is 10.0 Å². The monoisotopic (exact) mass is 350 g/mol. The minimum atomic E-state index is -3.62. The summed E-state index contributed by atoms with van der Waals surface area (Å²) in [6.07, 6.45) is 2.78. The van der Waals surface area contributed by atoms with Crippen molar-refractivity contribution in [1.29, 1.82) is 0 Å². The summed E-state index contributed by atoms with van der Waals surface area (Å²) in [4.78, 5) is 0.140. The van der Waals surface area contributed by atoms with Gasteiger partial charge < -0.3 is 15.2 Å². The topological polar surface area (TPSA) is 90.6 Å². The van der Waals surface area contributed by atoms with Gasteiger partial charge in [-0.3, -0.25) is 0 Å². The van der Waals surface area contributed by atoms with Gasteiger partial charge in [-0.25, -0.2) is 13.1 Å². The summed E-state index contributed by atoms with van der Waals surface area (Å²) in [5.41, 5.74) is 5.70. The van der Waals surface area contributed by atoms with Gasteiger partial charge >= 0.3 is 0 Å². The molecule has 0 heterocycles. The number of ether oxygens (including phenoxy) is 2. The van der Waals surface area contributed by atoms with E-state index in [-0.39, 0.29) is 29.3 Å². The van der Waals surface area contributed by atoms with E-state index in [4.69, 9.17) is 15.2 Å². The molecule has 1 aliphatic rings. The summed E-state index contributed by atoms with van der Waals surface area (Å²) in [5, 5.41) is 0. The molecule has 2 atom stereocenters. The number of hydrogen-bond acceptors (Lipinski definition) is 5. The fraction of sp³-hybridized carbons (Fsp3) is 0.571. The van der Waals surface area contributed by atoms with E-state index in [9.17, 15) is 8.42 Å². The summed E-state index contributed by atoms with van der Waals surface area (Å²) in [6.45, 7) is 0.495. The Morgan fingerprint density at radius 1 is 1.18 bits per heavy atom. The number of nitrogens with one attached hydrogen (secondary N) is 1. The van der Waals surface area contributed by atoms with E-state index >= 15 is 0 Å². The zero-order valence-electron chi connectivity index (χ0n) is 12.7. The Hall–Kier alpha value is -1.02.